The molecule has 1 aliphatic rings. The van der Waals surface area contributed by atoms with Gasteiger partial charge in [0.15, 0.2) is 0 Å². The van der Waals surface area contributed by atoms with Gasteiger partial charge in [0.2, 0.25) is 0 Å². The summed E-state index contributed by atoms with van der Waals surface area (Å²) in [5, 5.41) is 11.0. The van der Waals surface area contributed by atoms with E-state index in [4.69, 9.17) is 4.74 Å². The monoisotopic (exact) mass is 266 g/mol. The molecule has 0 spiro atoms. The molecular formula is C18H18O2. The molecule has 0 bridgehead atoms. The van der Waals surface area contributed by atoms with E-state index in [1.54, 1.807) is 7.11 Å². The largest absolute Gasteiger partial charge is 0.497 e. The van der Waals surface area contributed by atoms with Gasteiger partial charge in [0.1, 0.15) is 11.4 Å². The van der Waals surface area contributed by atoms with Crippen LogP contribution in [0.1, 0.15) is 30.5 Å². The molecule has 1 atom stereocenters. The lowest BCUT2D eigenvalue weighted by Crippen LogP contribution is -2.20. The van der Waals surface area contributed by atoms with Crippen LogP contribution in [0.2, 0.25) is 0 Å². The van der Waals surface area contributed by atoms with Crippen LogP contribution in [-0.4, -0.2) is 12.2 Å². The molecule has 0 saturated carbocycles. The molecule has 1 aliphatic carbocycles. The first-order valence-electron chi connectivity index (χ1n) is 6.73. The molecule has 0 aromatic heterocycles. The maximum absolute atomic E-state index is 11.0. The molecule has 1 N–H and O–H groups in total. The van der Waals surface area contributed by atoms with Crippen molar-refractivity contribution >= 4 is 11.1 Å². The third-order valence-electron chi connectivity index (χ3n) is 4.08. The van der Waals surface area contributed by atoms with Crippen molar-refractivity contribution < 1.29 is 9.84 Å². The van der Waals surface area contributed by atoms with E-state index in [0.29, 0.717) is 0 Å². The lowest BCUT2D eigenvalue weighted by molar-refractivity contribution is 0.125. The van der Waals surface area contributed by atoms with E-state index in [9.17, 15) is 5.11 Å². The summed E-state index contributed by atoms with van der Waals surface area (Å²) >= 11 is 0. The Morgan fingerprint density at radius 3 is 2.40 bits per heavy atom. The molecule has 0 aliphatic heterocycles. The van der Waals surface area contributed by atoms with Crippen molar-refractivity contribution in [2.45, 2.75) is 19.4 Å². The van der Waals surface area contributed by atoms with Crippen molar-refractivity contribution in [1.29, 1.82) is 0 Å². The Hall–Kier alpha value is -2.06. The molecule has 0 amide bonds. The molecule has 3 rings (SSSR count). The molecule has 20 heavy (non-hydrogen) atoms. The molecule has 2 aromatic carbocycles. The number of fused-ring (bicyclic) bond motifs is 1. The van der Waals surface area contributed by atoms with E-state index < -0.39 is 5.60 Å². The predicted octanol–water partition coefficient (Wildman–Crippen LogP) is 3.85. The van der Waals surface area contributed by atoms with Crippen LogP contribution < -0.4 is 4.74 Å². The SMILES string of the molecule is COc1ccc2c(c1)C(C)=C(c1ccccc1)C2(C)O. The Morgan fingerprint density at radius 1 is 1.05 bits per heavy atom. The fraction of sp³-hybridized carbons (Fsp3) is 0.222. The second-order valence-corrected chi connectivity index (χ2v) is 5.35. The van der Waals surface area contributed by atoms with Crippen molar-refractivity contribution in [3.8, 4) is 5.75 Å². The Morgan fingerprint density at radius 2 is 1.75 bits per heavy atom. The molecule has 0 heterocycles. The van der Waals surface area contributed by atoms with Crippen molar-refractivity contribution in [3.05, 3.63) is 65.2 Å². The normalized spacial score (nSPS) is 21.0. The zero-order chi connectivity index (χ0) is 14.3. The zero-order valence-electron chi connectivity index (χ0n) is 12.0. The van der Waals surface area contributed by atoms with Gasteiger partial charge in [0.05, 0.1) is 7.11 Å². The summed E-state index contributed by atoms with van der Waals surface area (Å²) in [4.78, 5) is 0. The Labute approximate surface area is 119 Å². The van der Waals surface area contributed by atoms with Crippen LogP contribution in [0.3, 0.4) is 0 Å². The summed E-state index contributed by atoms with van der Waals surface area (Å²) in [5.74, 6) is 0.813. The molecule has 0 fully saturated rings. The van der Waals surface area contributed by atoms with Crippen molar-refractivity contribution in [2.24, 2.45) is 0 Å². The van der Waals surface area contributed by atoms with Gasteiger partial charge in [-0.15, -0.1) is 0 Å². The minimum atomic E-state index is -0.965. The molecule has 0 radical (unpaired) electrons. The Balaban J connectivity index is 2.23. The number of aliphatic hydroxyl groups is 1. The van der Waals surface area contributed by atoms with Crippen LogP contribution >= 0.6 is 0 Å². The van der Waals surface area contributed by atoms with Gasteiger partial charge in [0, 0.05) is 0 Å². The lowest BCUT2D eigenvalue weighted by Gasteiger charge is -2.23. The first kappa shape index (κ1) is 12.9. The summed E-state index contributed by atoms with van der Waals surface area (Å²) in [6.07, 6.45) is 0. The van der Waals surface area contributed by atoms with Crippen molar-refractivity contribution in [3.63, 3.8) is 0 Å². The molecule has 102 valence electrons. The number of rotatable bonds is 2. The van der Waals surface area contributed by atoms with Crippen molar-refractivity contribution in [2.75, 3.05) is 7.11 Å². The fourth-order valence-corrected chi connectivity index (χ4v) is 3.12. The molecule has 0 saturated heterocycles. The van der Waals surface area contributed by atoms with E-state index in [2.05, 4.69) is 6.92 Å². The Kier molecular flexibility index (Phi) is 2.91. The summed E-state index contributed by atoms with van der Waals surface area (Å²) in [6, 6.07) is 15.9. The number of hydrogen-bond acceptors (Lipinski definition) is 2. The minimum absolute atomic E-state index is 0.813. The third-order valence-corrected chi connectivity index (χ3v) is 4.08. The van der Waals surface area contributed by atoms with Crippen LogP contribution in [0.25, 0.3) is 11.1 Å². The highest BCUT2D eigenvalue weighted by Crippen LogP contribution is 2.49. The van der Waals surface area contributed by atoms with E-state index >= 15 is 0 Å². The predicted molar refractivity (Wildman–Crippen MR) is 81.5 cm³/mol. The highest BCUT2D eigenvalue weighted by Gasteiger charge is 2.39. The van der Waals surface area contributed by atoms with E-state index in [0.717, 1.165) is 33.6 Å². The van der Waals surface area contributed by atoms with Gasteiger partial charge >= 0.3 is 0 Å². The van der Waals surface area contributed by atoms with Gasteiger partial charge in [-0.3, -0.25) is 0 Å². The maximum Gasteiger partial charge on any atom is 0.119 e. The van der Waals surface area contributed by atoms with Gasteiger partial charge in [-0.1, -0.05) is 36.4 Å². The van der Waals surface area contributed by atoms with Crippen LogP contribution in [0.4, 0.5) is 0 Å². The van der Waals surface area contributed by atoms with Gasteiger partial charge in [-0.05, 0) is 53.8 Å². The average Bonchev–Trinajstić information content (AvgIpc) is 2.66. The van der Waals surface area contributed by atoms with Crippen LogP contribution in [0.15, 0.2) is 48.5 Å². The van der Waals surface area contributed by atoms with Crippen LogP contribution in [0, 0.1) is 0 Å². The molecule has 2 nitrogen and oxygen atoms in total. The standard InChI is InChI=1S/C18H18O2/c1-12-15-11-14(20-3)9-10-16(15)18(2,19)17(12)13-7-5-4-6-8-13/h4-11,19H,1-3H3. The highest BCUT2D eigenvalue weighted by molar-refractivity contribution is 6.00. The van der Waals surface area contributed by atoms with Gasteiger partial charge in [-0.25, -0.2) is 0 Å². The number of methoxy groups -OCH3 is 1. The van der Waals surface area contributed by atoms with E-state index in [1.807, 2.05) is 55.5 Å². The second-order valence-electron chi connectivity index (χ2n) is 5.35. The Bertz CT molecular complexity index is 682. The van der Waals surface area contributed by atoms with Crippen LogP contribution in [0.5, 0.6) is 5.75 Å². The summed E-state index contributed by atoms with van der Waals surface area (Å²) in [7, 11) is 1.66. The first-order chi connectivity index (χ1) is 9.55. The molecule has 1 unspecified atom stereocenters. The zero-order valence-corrected chi connectivity index (χ0v) is 12.0. The van der Waals surface area contributed by atoms with E-state index in [1.165, 1.54) is 0 Å². The van der Waals surface area contributed by atoms with E-state index in [-0.39, 0.29) is 0 Å². The number of allylic oxidation sites excluding steroid dienone is 1. The third kappa shape index (κ3) is 1.76. The number of ether oxygens (including phenoxy) is 1. The summed E-state index contributed by atoms with van der Waals surface area (Å²) in [6.45, 7) is 3.92. The first-order valence-corrected chi connectivity index (χ1v) is 6.73. The van der Waals surface area contributed by atoms with Crippen LogP contribution in [-0.2, 0) is 5.60 Å². The maximum atomic E-state index is 11.0. The topological polar surface area (TPSA) is 29.5 Å². The van der Waals surface area contributed by atoms with Gasteiger partial charge < -0.3 is 9.84 Å². The lowest BCUT2D eigenvalue weighted by atomic mass is 9.88. The molecular weight excluding hydrogens is 248 g/mol. The van der Waals surface area contributed by atoms with Crippen molar-refractivity contribution in [1.82, 2.24) is 0 Å². The summed E-state index contributed by atoms with van der Waals surface area (Å²) < 4.78 is 5.29. The molecule has 2 heteroatoms. The smallest absolute Gasteiger partial charge is 0.119 e. The van der Waals surface area contributed by atoms with Gasteiger partial charge in [0.25, 0.3) is 0 Å². The number of hydrogen-bond donors (Lipinski definition) is 1. The quantitative estimate of drug-likeness (QED) is 0.894. The average molecular weight is 266 g/mol. The summed E-state index contributed by atoms with van der Waals surface area (Å²) in [5.41, 5.74) is 4.18. The molecule has 2 aromatic rings. The fourth-order valence-electron chi connectivity index (χ4n) is 3.12. The highest BCUT2D eigenvalue weighted by atomic mass is 16.5. The number of benzene rings is 2. The van der Waals surface area contributed by atoms with Gasteiger partial charge in [-0.2, -0.15) is 0 Å². The second kappa shape index (κ2) is 4.50. The minimum Gasteiger partial charge on any atom is -0.497 e.